The molecule has 0 aliphatic carbocycles. The van der Waals surface area contributed by atoms with Gasteiger partial charge in [0.25, 0.3) is 0 Å². The molecule has 0 atom stereocenters. The van der Waals surface area contributed by atoms with Crippen molar-refractivity contribution in [3.63, 3.8) is 0 Å². The van der Waals surface area contributed by atoms with Gasteiger partial charge in [0.2, 0.25) is 0 Å². The predicted octanol–water partition coefficient (Wildman–Crippen LogP) is 3.07. The van der Waals surface area contributed by atoms with E-state index in [1.807, 2.05) is 0 Å². The van der Waals surface area contributed by atoms with E-state index < -0.39 is 11.6 Å². The van der Waals surface area contributed by atoms with Crippen LogP contribution in [0.4, 0.5) is 8.78 Å². The second-order valence-corrected chi connectivity index (χ2v) is 3.16. The molecule has 0 saturated heterocycles. The van der Waals surface area contributed by atoms with Crippen molar-refractivity contribution in [2.75, 3.05) is 0 Å². The zero-order valence-electron chi connectivity index (χ0n) is 7.57. The highest BCUT2D eigenvalue weighted by atomic mass is 19.1. The zero-order valence-corrected chi connectivity index (χ0v) is 7.57. The van der Waals surface area contributed by atoms with Crippen molar-refractivity contribution in [2.24, 2.45) is 0 Å². The largest absolute Gasteiger partial charge is 0.207 e. The van der Waals surface area contributed by atoms with Crippen LogP contribution in [0.15, 0.2) is 12.1 Å². The molecule has 13 heavy (non-hydrogen) atoms. The molecule has 0 heterocycles. The van der Waals surface area contributed by atoms with Crippen LogP contribution in [-0.2, 0) is 0 Å². The Morgan fingerprint density at radius 3 is 2.38 bits per heavy atom. The standard InChI is InChI=1S/C11H10F2/c1-4-8-5-9(12)6-10(7(2)3)11(8)13/h1,5-7H,2-3H3. The van der Waals surface area contributed by atoms with Crippen LogP contribution in [0.3, 0.4) is 0 Å². The van der Waals surface area contributed by atoms with Crippen LogP contribution in [-0.4, -0.2) is 0 Å². The number of rotatable bonds is 1. The van der Waals surface area contributed by atoms with E-state index in [0.29, 0.717) is 5.56 Å². The fraction of sp³-hybridized carbons (Fsp3) is 0.273. The van der Waals surface area contributed by atoms with E-state index in [2.05, 4.69) is 5.92 Å². The molecule has 1 aromatic carbocycles. The van der Waals surface area contributed by atoms with E-state index in [1.165, 1.54) is 6.07 Å². The van der Waals surface area contributed by atoms with Crippen LogP contribution in [0.1, 0.15) is 30.9 Å². The summed E-state index contributed by atoms with van der Waals surface area (Å²) in [6.07, 6.45) is 5.03. The third kappa shape index (κ3) is 1.86. The first-order chi connectivity index (χ1) is 6.06. The van der Waals surface area contributed by atoms with E-state index in [9.17, 15) is 8.78 Å². The predicted molar refractivity (Wildman–Crippen MR) is 48.4 cm³/mol. The lowest BCUT2D eigenvalue weighted by Gasteiger charge is -2.08. The summed E-state index contributed by atoms with van der Waals surface area (Å²) < 4.78 is 26.3. The highest BCUT2D eigenvalue weighted by Crippen LogP contribution is 2.22. The first kappa shape index (κ1) is 9.73. The van der Waals surface area contributed by atoms with Gasteiger partial charge >= 0.3 is 0 Å². The average Bonchev–Trinajstić information content (AvgIpc) is 2.08. The van der Waals surface area contributed by atoms with E-state index in [1.54, 1.807) is 13.8 Å². The molecule has 0 bridgehead atoms. The van der Waals surface area contributed by atoms with Gasteiger partial charge in [0, 0.05) is 0 Å². The summed E-state index contributed by atoms with van der Waals surface area (Å²) in [4.78, 5) is 0. The van der Waals surface area contributed by atoms with Gasteiger partial charge in [-0.1, -0.05) is 19.8 Å². The van der Waals surface area contributed by atoms with Gasteiger partial charge in [0.1, 0.15) is 11.6 Å². The summed E-state index contributed by atoms with van der Waals surface area (Å²) in [5.74, 6) is 1.07. The van der Waals surface area contributed by atoms with Gasteiger partial charge in [0.05, 0.1) is 5.56 Å². The summed E-state index contributed by atoms with van der Waals surface area (Å²) in [5.41, 5.74) is 0.316. The summed E-state index contributed by atoms with van der Waals surface area (Å²) in [6.45, 7) is 3.58. The maximum absolute atomic E-state index is 13.4. The Balaban J connectivity index is 3.38. The van der Waals surface area contributed by atoms with Crippen molar-refractivity contribution in [2.45, 2.75) is 19.8 Å². The number of halogens is 2. The Kier molecular flexibility index (Phi) is 2.67. The highest BCUT2D eigenvalue weighted by Gasteiger charge is 2.11. The molecule has 0 amide bonds. The molecule has 0 N–H and O–H groups in total. The molecule has 0 radical (unpaired) electrons. The lowest BCUT2D eigenvalue weighted by Crippen LogP contribution is -1.97. The first-order valence-corrected chi connectivity index (χ1v) is 4.01. The molecule has 2 heteroatoms. The van der Waals surface area contributed by atoms with Crippen molar-refractivity contribution in [3.05, 3.63) is 34.9 Å². The molecule has 68 valence electrons. The Labute approximate surface area is 76.6 Å². The molecule has 0 spiro atoms. The van der Waals surface area contributed by atoms with Crippen molar-refractivity contribution < 1.29 is 8.78 Å². The van der Waals surface area contributed by atoms with Gasteiger partial charge in [-0.25, -0.2) is 8.78 Å². The second kappa shape index (κ2) is 3.57. The molecule has 0 aliphatic heterocycles. The summed E-state index contributed by atoms with van der Waals surface area (Å²) in [7, 11) is 0. The molecule has 0 unspecified atom stereocenters. The Morgan fingerprint density at radius 1 is 1.31 bits per heavy atom. The third-order valence-electron chi connectivity index (χ3n) is 1.84. The van der Waals surface area contributed by atoms with E-state index in [-0.39, 0.29) is 11.5 Å². The Morgan fingerprint density at radius 2 is 1.92 bits per heavy atom. The van der Waals surface area contributed by atoms with Crippen molar-refractivity contribution in [1.82, 2.24) is 0 Å². The van der Waals surface area contributed by atoms with Crippen LogP contribution < -0.4 is 0 Å². The molecule has 1 rings (SSSR count). The van der Waals surface area contributed by atoms with Crippen LogP contribution in [0.2, 0.25) is 0 Å². The summed E-state index contributed by atoms with van der Waals surface area (Å²) in [6, 6.07) is 2.21. The number of terminal acetylenes is 1. The molecule has 0 aromatic heterocycles. The topological polar surface area (TPSA) is 0 Å². The van der Waals surface area contributed by atoms with Gasteiger partial charge in [0.15, 0.2) is 0 Å². The minimum absolute atomic E-state index is 0.0105. The van der Waals surface area contributed by atoms with Crippen molar-refractivity contribution >= 4 is 0 Å². The molecule has 0 saturated carbocycles. The molecular formula is C11H10F2. The van der Waals surface area contributed by atoms with Crippen LogP contribution in [0, 0.1) is 24.0 Å². The minimum atomic E-state index is -0.488. The van der Waals surface area contributed by atoms with Crippen molar-refractivity contribution in [3.8, 4) is 12.3 Å². The monoisotopic (exact) mass is 180 g/mol. The highest BCUT2D eigenvalue weighted by molar-refractivity contribution is 5.39. The Hall–Kier alpha value is -1.36. The average molecular weight is 180 g/mol. The Bertz CT molecular complexity index is 359. The van der Waals surface area contributed by atoms with Gasteiger partial charge in [-0.15, -0.1) is 6.42 Å². The summed E-state index contributed by atoms with van der Waals surface area (Å²) in [5, 5.41) is 0. The van der Waals surface area contributed by atoms with E-state index in [4.69, 9.17) is 6.42 Å². The second-order valence-electron chi connectivity index (χ2n) is 3.16. The van der Waals surface area contributed by atoms with Gasteiger partial charge in [-0.05, 0) is 23.6 Å². The fourth-order valence-electron chi connectivity index (χ4n) is 1.14. The summed E-state index contributed by atoms with van der Waals surface area (Å²) >= 11 is 0. The SMILES string of the molecule is C#Cc1cc(F)cc(C(C)C)c1F. The third-order valence-corrected chi connectivity index (χ3v) is 1.84. The maximum atomic E-state index is 13.4. The van der Waals surface area contributed by atoms with Crippen LogP contribution >= 0.6 is 0 Å². The maximum Gasteiger partial charge on any atom is 0.142 e. The molecule has 1 aromatic rings. The molecular weight excluding hydrogens is 170 g/mol. The molecule has 0 nitrogen and oxygen atoms in total. The van der Waals surface area contributed by atoms with Gasteiger partial charge in [-0.3, -0.25) is 0 Å². The van der Waals surface area contributed by atoms with Crippen LogP contribution in [0.25, 0.3) is 0 Å². The quantitative estimate of drug-likeness (QED) is 0.582. The van der Waals surface area contributed by atoms with Gasteiger partial charge < -0.3 is 0 Å². The number of hydrogen-bond acceptors (Lipinski definition) is 0. The number of hydrogen-bond donors (Lipinski definition) is 0. The fourth-order valence-corrected chi connectivity index (χ4v) is 1.14. The van der Waals surface area contributed by atoms with Gasteiger partial charge in [-0.2, -0.15) is 0 Å². The van der Waals surface area contributed by atoms with Crippen molar-refractivity contribution in [1.29, 1.82) is 0 Å². The number of benzene rings is 1. The smallest absolute Gasteiger partial charge is 0.142 e. The minimum Gasteiger partial charge on any atom is -0.207 e. The first-order valence-electron chi connectivity index (χ1n) is 4.01. The van der Waals surface area contributed by atoms with E-state index >= 15 is 0 Å². The molecule has 0 fully saturated rings. The zero-order chi connectivity index (χ0) is 10.0. The lowest BCUT2D eigenvalue weighted by atomic mass is 10.00. The normalized spacial score (nSPS) is 10.2. The molecule has 0 aliphatic rings. The van der Waals surface area contributed by atoms with E-state index in [0.717, 1.165) is 6.07 Å². The van der Waals surface area contributed by atoms with Crippen LogP contribution in [0.5, 0.6) is 0 Å². The lowest BCUT2D eigenvalue weighted by molar-refractivity contribution is 0.572.